The van der Waals surface area contributed by atoms with Gasteiger partial charge in [0.05, 0.1) is 11.9 Å². The molecule has 1 aromatic heterocycles. The summed E-state index contributed by atoms with van der Waals surface area (Å²) in [4.78, 5) is 15.8. The van der Waals surface area contributed by atoms with Crippen LogP contribution in [-0.4, -0.2) is 33.4 Å². The van der Waals surface area contributed by atoms with E-state index in [1.54, 1.807) is 26.1 Å². The molecule has 1 rings (SSSR count). The first-order chi connectivity index (χ1) is 8.02. The van der Waals surface area contributed by atoms with Crippen molar-refractivity contribution in [3.05, 3.63) is 36.4 Å². The summed E-state index contributed by atoms with van der Waals surface area (Å²) in [5, 5.41) is 13.5. The largest absolute Gasteiger partial charge is 0.504 e. The van der Waals surface area contributed by atoms with Crippen molar-refractivity contribution in [3.8, 4) is 0 Å². The van der Waals surface area contributed by atoms with Crippen molar-refractivity contribution < 1.29 is 9.90 Å². The van der Waals surface area contributed by atoms with Gasteiger partial charge in [0.2, 0.25) is 5.78 Å². The average Bonchev–Trinajstić information content (AvgIpc) is 2.78. The Hall–Kier alpha value is -2.17. The molecule has 1 aromatic rings. The Morgan fingerprint density at radius 1 is 1.65 bits per heavy atom. The number of carbonyl (C=O) groups excluding carboxylic acids is 1. The summed E-state index contributed by atoms with van der Waals surface area (Å²) in [6.07, 6.45) is 2.88. The first-order valence-electron chi connectivity index (χ1n) is 5.10. The van der Waals surface area contributed by atoms with Crippen molar-refractivity contribution in [2.75, 3.05) is 7.05 Å². The molecular weight excluding hydrogens is 218 g/mol. The van der Waals surface area contributed by atoms with Crippen LogP contribution in [0, 0.1) is 0 Å². The van der Waals surface area contributed by atoms with Crippen molar-refractivity contribution in [1.82, 2.24) is 9.78 Å². The number of nitrogens with zero attached hydrogens (tertiary/aromatic N) is 3. The smallest absolute Gasteiger partial charge is 0.246 e. The number of aliphatic hydroxyl groups excluding tert-OH is 1. The maximum absolute atomic E-state index is 11.9. The van der Waals surface area contributed by atoms with E-state index in [1.807, 2.05) is 0 Å². The van der Waals surface area contributed by atoms with Crippen LogP contribution in [0.3, 0.4) is 0 Å². The minimum absolute atomic E-state index is 0.154. The number of ketones is 1. The van der Waals surface area contributed by atoms with Gasteiger partial charge in [0.1, 0.15) is 5.71 Å². The summed E-state index contributed by atoms with van der Waals surface area (Å²) >= 11 is 0. The van der Waals surface area contributed by atoms with Gasteiger partial charge in [0.25, 0.3) is 0 Å². The predicted octanol–water partition coefficient (Wildman–Crippen LogP) is 1.82. The standard InChI is InChI=1S/C12H15N3O2/c1-5-10(16)12(17)11(13-4)9-6-7-14-15(9)8(2)3/h5-7,16H,2H2,1,3-4H3/b10-5+,13-11?. The highest BCUT2D eigenvalue weighted by molar-refractivity contribution is 6.50. The fourth-order valence-electron chi connectivity index (χ4n) is 1.37. The second-order valence-corrected chi connectivity index (χ2v) is 3.44. The molecule has 0 saturated carbocycles. The van der Waals surface area contributed by atoms with E-state index in [0.717, 1.165) is 0 Å². The molecule has 0 aliphatic heterocycles. The van der Waals surface area contributed by atoms with Gasteiger partial charge in [-0.1, -0.05) is 6.58 Å². The Morgan fingerprint density at radius 3 is 2.76 bits per heavy atom. The van der Waals surface area contributed by atoms with Crippen LogP contribution in [0.25, 0.3) is 5.70 Å². The zero-order valence-corrected chi connectivity index (χ0v) is 10.1. The Kier molecular flexibility index (Phi) is 3.98. The number of rotatable bonds is 4. The molecule has 0 aliphatic rings. The SMILES string of the molecule is C=C(C)n1nccc1C(=NC)C(=O)/C(O)=C\C. The minimum atomic E-state index is -0.530. The van der Waals surface area contributed by atoms with E-state index >= 15 is 0 Å². The Labute approximate surface area is 99.8 Å². The second-order valence-electron chi connectivity index (χ2n) is 3.44. The third-order valence-electron chi connectivity index (χ3n) is 2.19. The van der Waals surface area contributed by atoms with Gasteiger partial charge in [-0.15, -0.1) is 0 Å². The first-order valence-corrected chi connectivity index (χ1v) is 5.10. The number of hydrogen-bond acceptors (Lipinski definition) is 4. The van der Waals surface area contributed by atoms with Crippen LogP contribution >= 0.6 is 0 Å². The molecule has 0 aliphatic carbocycles. The lowest BCUT2D eigenvalue weighted by Gasteiger charge is -2.07. The summed E-state index contributed by atoms with van der Waals surface area (Å²) in [5.74, 6) is -0.863. The zero-order valence-electron chi connectivity index (χ0n) is 10.1. The lowest BCUT2D eigenvalue weighted by Crippen LogP contribution is -2.21. The third-order valence-corrected chi connectivity index (χ3v) is 2.19. The van der Waals surface area contributed by atoms with Crippen LogP contribution in [0.4, 0.5) is 0 Å². The number of aromatic nitrogens is 2. The molecule has 0 bridgehead atoms. The lowest BCUT2D eigenvalue weighted by atomic mass is 10.1. The van der Waals surface area contributed by atoms with Gasteiger partial charge in [-0.3, -0.25) is 9.79 Å². The van der Waals surface area contributed by atoms with Crippen LogP contribution in [0.5, 0.6) is 0 Å². The van der Waals surface area contributed by atoms with Crippen molar-refractivity contribution >= 4 is 17.2 Å². The molecule has 1 N–H and O–H groups in total. The van der Waals surface area contributed by atoms with Crippen LogP contribution < -0.4 is 0 Å². The summed E-state index contributed by atoms with van der Waals surface area (Å²) in [6, 6.07) is 1.65. The summed E-state index contributed by atoms with van der Waals surface area (Å²) in [5.41, 5.74) is 1.33. The van der Waals surface area contributed by atoms with Crippen molar-refractivity contribution in [2.45, 2.75) is 13.8 Å². The molecule has 0 radical (unpaired) electrons. The zero-order chi connectivity index (χ0) is 13.0. The highest BCUT2D eigenvalue weighted by atomic mass is 16.3. The number of Topliss-reactive ketones (excluding diaryl/α,β-unsaturated/α-hetero) is 1. The van der Waals surface area contributed by atoms with Gasteiger partial charge in [-0.05, 0) is 26.0 Å². The highest BCUT2D eigenvalue weighted by Crippen LogP contribution is 2.10. The molecule has 5 nitrogen and oxygen atoms in total. The quantitative estimate of drug-likeness (QED) is 0.490. The molecule has 0 fully saturated rings. The van der Waals surface area contributed by atoms with Gasteiger partial charge in [0, 0.05) is 12.7 Å². The Bertz CT molecular complexity index is 510. The third kappa shape index (κ3) is 2.50. The molecule has 0 amide bonds. The van der Waals surface area contributed by atoms with E-state index in [2.05, 4.69) is 16.7 Å². The fraction of sp³-hybridized carbons (Fsp3) is 0.250. The first kappa shape index (κ1) is 12.9. The summed E-state index contributed by atoms with van der Waals surface area (Å²) in [6.45, 7) is 7.10. The molecule has 0 aromatic carbocycles. The van der Waals surface area contributed by atoms with Crippen LogP contribution in [0.2, 0.25) is 0 Å². The molecule has 0 spiro atoms. The molecule has 0 saturated heterocycles. The molecule has 1 heterocycles. The van der Waals surface area contributed by atoms with Crippen molar-refractivity contribution in [2.24, 2.45) is 4.99 Å². The molecule has 0 atom stereocenters. The van der Waals surface area contributed by atoms with Gasteiger partial charge in [-0.2, -0.15) is 5.10 Å². The number of hydrogen-bond donors (Lipinski definition) is 1. The molecule has 5 heteroatoms. The van der Waals surface area contributed by atoms with Crippen LogP contribution in [0.1, 0.15) is 19.5 Å². The Morgan fingerprint density at radius 2 is 2.29 bits per heavy atom. The average molecular weight is 233 g/mol. The fourth-order valence-corrected chi connectivity index (χ4v) is 1.37. The van der Waals surface area contributed by atoms with Gasteiger partial charge in [-0.25, -0.2) is 4.68 Å². The van der Waals surface area contributed by atoms with E-state index in [0.29, 0.717) is 11.4 Å². The molecule has 90 valence electrons. The summed E-state index contributed by atoms with van der Waals surface area (Å²) in [7, 11) is 1.49. The maximum atomic E-state index is 11.9. The van der Waals surface area contributed by atoms with Crippen LogP contribution in [0.15, 0.2) is 35.7 Å². The Balaban J connectivity index is 3.25. The van der Waals surface area contributed by atoms with E-state index in [1.165, 1.54) is 17.8 Å². The highest BCUT2D eigenvalue weighted by Gasteiger charge is 2.20. The second kappa shape index (κ2) is 5.25. The van der Waals surface area contributed by atoms with Crippen LogP contribution in [-0.2, 0) is 4.79 Å². The monoisotopic (exact) mass is 233 g/mol. The normalized spacial score (nSPS) is 12.6. The summed E-state index contributed by atoms with van der Waals surface area (Å²) < 4.78 is 1.50. The lowest BCUT2D eigenvalue weighted by molar-refractivity contribution is -0.111. The molecule has 0 unspecified atom stereocenters. The minimum Gasteiger partial charge on any atom is -0.504 e. The predicted molar refractivity (Wildman–Crippen MR) is 67.1 cm³/mol. The van der Waals surface area contributed by atoms with Crippen molar-refractivity contribution in [3.63, 3.8) is 0 Å². The maximum Gasteiger partial charge on any atom is 0.246 e. The van der Waals surface area contributed by atoms with E-state index in [4.69, 9.17) is 0 Å². The number of aliphatic imine (C=N–C) groups is 1. The van der Waals surface area contributed by atoms with E-state index < -0.39 is 5.78 Å². The van der Waals surface area contributed by atoms with E-state index in [9.17, 15) is 9.90 Å². The van der Waals surface area contributed by atoms with Gasteiger partial charge in [0.15, 0.2) is 5.76 Å². The van der Waals surface area contributed by atoms with Gasteiger partial charge < -0.3 is 5.11 Å². The van der Waals surface area contributed by atoms with Crippen molar-refractivity contribution in [1.29, 1.82) is 0 Å². The topological polar surface area (TPSA) is 67.5 Å². The molecule has 17 heavy (non-hydrogen) atoms. The number of allylic oxidation sites excluding steroid dienone is 3. The van der Waals surface area contributed by atoms with E-state index in [-0.39, 0.29) is 11.5 Å². The van der Waals surface area contributed by atoms with Gasteiger partial charge >= 0.3 is 0 Å². The number of aliphatic hydroxyl groups is 1. The number of carbonyl (C=O) groups is 1. The molecular formula is C12H15N3O2.